The zero-order valence-electron chi connectivity index (χ0n) is 10.1. The molecule has 1 aromatic rings. The summed E-state index contributed by atoms with van der Waals surface area (Å²) in [4.78, 5) is 1.67. The fraction of sp³-hybridized carbons (Fsp3) is 0.692. The molecule has 0 spiro atoms. The third-order valence-electron chi connectivity index (χ3n) is 2.94. The van der Waals surface area contributed by atoms with Crippen LogP contribution in [-0.2, 0) is 6.42 Å². The van der Waals surface area contributed by atoms with E-state index in [4.69, 9.17) is 0 Å². The second-order valence-corrected chi connectivity index (χ2v) is 6.81. The van der Waals surface area contributed by atoms with Gasteiger partial charge in [-0.05, 0) is 0 Å². The summed E-state index contributed by atoms with van der Waals surface area (Å²) in [6, 6.07) is 2.33. The maximum absolute atomic E-state index is 2.34. The first kappa shape index (κ1) is 13.3. The van der Waals surface area contributed by atoms with Gasteiger partial charge in [-0.15, -0.1) is 0 Å². The van der Waals surface area contributed by atoms with Crippen LogP contribution in [0.3, 0.4) is 0 Å². The first-order valence-corrected chi connectivity index (χ1v) is 9.37. The van der Waals surface area contributed by atoms with Crippen molar-refractivity contribution >= 4 is 30.8 Å². The Bertz CT molecular complexity index is 267. The van der Waals surface area contributed by atoms with Gasteiger partial charge in [0.05, 0.1) is 0 Å². The van der Waals surface area contributed by atoms with Gasteiger partial charge in [0.1, 0.15) is 0 Å². The average molecular weight is 289 g/mol. The summed E-state index contributed by atoms with van der Waals surface area (Å²) >= 11 is 2.65. The van der Waals surface area contributed by atoms with E-state index < -0.39 is 0 Å². The number of unbranched alkanes of at least 4 members (excludes halogenated alkanes) is 1. The van der Waals surface area contributed by atoms with Crippen molar-refractivity contribution in [3.8, 4) is 0 Å². The van der Waals surface area contributed by atoms with Crippen molar-refractivity contribution in [2.45, 2.75) is 51.8 Å². The van der Waals surface area contributed by atoms with Crippen LogP contribution in [-0.4, -0.2) is 15.0 Å². The molecule has 1 heterocycles. The maximum atomic E-state index is 2.34. The summed E-state index contributed by atoms with van der Waals surface area (Å²) in [5.41, 5.74) is 0. The molecule has 1 rings (SSSR count). The summed E-state index contributed by atoms with van der Waals surface area (Å²) in [7, 11) is 0. The molecule has 0 nitrogen and oxygen atoms in total. The van der Waals surface area contributed by atoms with Gasteiger partial charge in [0.25, 0.3) is 0 Å². The zero-order valence-corrected chi connectivity index (χ0v) is 12.6. The van der Waals surface area contributed by atoms with E-state index in [0.29, 0.717) is 15.0 Å². The molecule has 15 heavy (non-hydrogen) atoms. The Kier molecular flexibility index (Phi) is 6.63. The van der Waals surface area contributed by atoms with Crippen molar-refractivity contribution in [1.82, 2.24) is 0 Å². The van der Waals surface area contributed by atoms with Crippen molar-refractivity contribution in [1.29, 1.82) is 0 Å². The van der Waals surface area contributed by atoms with Gasteiger partial charge < -0.3 is 0 Å². The predicted molar refractivity (Wildman–Crippen MR) is 72.6 cm³/mol. The van der Waals surface area contributed by atoms with Crippen LogP contribution in [0.15, 0.2) is 11.4 Å². The fourth-order valence-corrected chi connectivity index (χ4v) is 4.76. The summed E-state index contributed by atoms with van der Waals surface area (Å²) in [6.45, 7) is 4.63. The van der Waals surface area contributed by atoms with Gasteiger partial charge in [-0.1, -0.05) is 0 Å². The molecular formula is C13H22SSe. The molecule has 0 aromatic carbocycles. The Labute approximate surface area is 105 Å². The van der Waals surface area contributed by atoms with Crippen molar-refractivity contribution in [3.05, 3.63) is 16.3 Å². The van der Waals surface area contributed by atoms with Gasteiger partial charge in [-0.2, -0.15) is 0 Å². The van der Waals surface area contributed by atoms with Crippen LogP contribution in [0.2, 0.25) is 5.82 Å². The van der Waals surface area contributed by atoms with Crippen molar-refractivity contribution in [2.75, 3.05) is 0 Å². The summed E-state index contributed by atoms with van der Waals surface area (Å²) < 4.78 is 1.64. The second kappa shape index (κ2) is 7.49. The zero-order chi connectivity index (χ0) is 11.1. The molecule has 0 radical (unpaired) electrons. The minimum atomic E-state index is 0.679. The van der Waals surface area contributed by atoms with Crippen molar-refractivity contribution in [3.63, 3.8) is 0 Å². The average Bonchev–Trinajstić information content (AvgIpc) is 2.71. The fourth-order valence-electron chi connectivity index (χ4n) is 1.87. The van der Waals surface area contributed by atoms with Crippen LogP contribution in [0.5, 0.6) is 0 Å². The van der Waals surface area contributed by atoms with Gasteiger partial charge >= 0.3 is 105 Å². The van der Waals surface area contributed by atoms with Gasteiger partial charge in [0.15, 0.2) is 0 Å². The quantitative estimate of drug-likeness (QED) is 0.668. The third-order valence-corrected chi connectivity index (χ3v) is 5.90. The number of hydrogen-bond acceptors (Lipinski definition) is 1. The first-order chi connectivity index (χ1) is 7.31. The molecule has 0 saturated heterocycles. The van der Waals surface area contributed by atoms with Gasteiger partial charge in [-0.25, -0.2) is 0 Å². The van der Waals surface area contributed by atoms with Crippen LogP contribution in [0.1, 0.15) is 44.4 Å². The molecule has 0 bridgehead atoms. The Morgan fingerprint density at radius 2 is 2.20 bits per heavy atom. The van der Waals surface area contributed by atoms with Crippen LogP contribution in [0.4, 0.5) is 0 Å². The number of hydrogen-bond donors (Lipinski definition) is 0. The molecular weight excluding hydrogens is 267 g/mol. The van der Waals surface area contributed by atoms with E-state index in [1.807, 2.05) is 11.3 Å². The van der Waals surface area contributed by atoms with E-state index in [9.17, 15) is 0 Å². The molecule has 1 unspecified atom stereocenters. The molecule has 0 aliphatic heterocycles. The van der Waals surface area contributed by atoms with Crippen molar-refractivity contribution < 1.29 is 0 Å². The van der Waals surface area contributed by atoms with E-state index in [-0.39, 0.29) is 0 Å². The number of thiophene rings is 1. The van der Waals surface area contributed by atoms with E-state index in [2.05, 4.69) is 31.1 Å². The summed E-state index contributed by atoms with van der Waals surface area (Å²) in [6.07, 6.45) is 6.83. The van der Waals surface area contributed by atoms with E-state index in [1.165, 1.54) is 32.1 Å². The normalized spacial score (nSPS) is 13.0. The molecule has 0 amide bonds. The van der Waals surface area contributed by atoms with E-state index in [1.54, 1.807) is 9.34 Å². The molecule has 0 saturated carbocycles. The Morgan fingerprint density at radius 3 is 2.80 bits per heavy atom. The van der Waals surface area contributed by atoms with Crippen LogP contribution >= 0.6 is 11.3 Å². The summed E-state index contributed by atoms with van der Waals surface area (Å²) in [5.74, 6) is 3.25. The molecule has 1 atom stereocenters. The molecule has 2 heteroatoms. The van der Waals surface area contributed by atoms with E-state index >= 15 is 0 Å². The summed E-state index contributed by atoms with van der Waals surface area (Å²) in [5, 5.41) is 2.27. The molecule has 0 fully saturated rings. The Balaban J connectivity index is 2.50. The minimum absolute atomic E-state index is 0.679. The van der Waals surface area contributed by atoms with Crippen LogP contribution < -0.4 is 4.46 Å². The van der Waals surface area contributed by atoms with Crippen LogP contribution in [0.25, 0.3) is 0 Å². The van der Waals surface area contributed by atoms with E-state index in [0.717, 1.165) is 5.92 Å². The van der Waals surface area contributed by atoms with Gasteiger partial charge in [0, 0.05) is 0 Å². The van der Waals surface area contributed by atoms with Crippen LogP contribution in [0, 0.1) is 5.92 Å². The predicted octanol–water partition coefficient (Wildman–Crippen LogP) is 3.88. The monoisotopic (exact) mass is 290 g/mol. The van der Waals surface area contributed by atoms with Gasteiger partial charge in [-0.3, -0.25) is 0 Å². The second-order valence-electron chi connectivity index (χ2n) is 4.03. The molecule has 0 aliphatic carbocycles. The standard InChI is InChI=1S/C13H22SSe/c1-4-6-7-11(5-2)10-12-13(15-3)8-9-14-12/h8-9,11H,4-7,10H2,1-3H3. The van der Waals surface area contributed by atoms with Gasteiger partial charge in [0.2, 0.25) is 0 Å². The molecule has 0 aliphatic rings. The topological polar surface area (TPSA) is 0 Å². The third kappa shape index (κ3) is 4.30. The number of rotatable bonds is 7. The molecule has 1 aromatic heterocycles. The molecule has 0 N–H and O–H groups in total. The van der Waals surface area contributed by atoms with Crippen molar-refractivity contribution in [2.24, 2.45) is 5.92 Å². The Morgan fingerprint density at radius 1 is 1.40 bits per heavy atom. The SMILES string of the molecule is CCCCC(CC)Cc1sccc1[Se]C. The first-order valence-electron chi connectivity index (χ1n) is 5.92. The Hall–Kier alpha value is 0.219. The molecule has 86 valence electrons.